The molecule has 8 N–H and O–H groups in total. The maximum atomic E-state index is 13.1. The molecule has 0 radical (unpaired) electrons. The number of carboxylic acids is 1. The molecule has 13 nitrogen and oxygen atoms in total. The molecule has 1 aliphatic heterocycles. The number of benzene rings is 1. The van der Waals surface area contributed by atoms with Crippen molar-refractivity contribution in [2.45, 2.75) is 38.8 Å². The number of carboxylic acid groups (broad SMARTS) is 1. The van der Waals surface area contributed by atoms with Gasteiger partial charge >= 0.3 is 12.7 Å². The second kappa shape index (κ2) is 10.9. The fourth-order valence-corrected chi connectivity index (χ4v) is 4.43. The predicted octanol–water partition coefficient (Wildman–Crippen LogP) is -1.87. The summed E-state index contributed by atoms with van der Waals surface area (Å²) in [4.78, 5) is 33.0. The van der Waals surface area contributed by atoms with Gasteiger partial charge in [0.1, 0.15) is 6.04 Å². The number of guanidine groups is 1. The highest BCUT2D eigenvalue weighted by Gasteiger charge is 2.43. The van der Waals surface area contributed by atoms with E-state index >= 15 is 0 Å². The van der Waals surface area contributed by atoms with Gasteiger partial charge in [0.2, 0.25) is 0 Å². The Bertz CT molecular complexity index is 1330. The van der Waals surface area contributed by atoms with Crippen molar-refractivity contribution in [3.05, 3.63) is 65.1 Å². The normalized spacial score (nSPS) is 17.2. The van der Waals surface area contributed by atoms with Gasteiger partial charge in [0, 0.05) is 32.2 Å². The molecule has 0 amide bonds. The lowest BCUT2D eigenvalue weighted by Crippen LogP contribution is -3.08. The van der Waals surface area contributed by atoms with Gasteiger partial charge in [-0.2, -0.15) is 4.68 Å². The van der Waals surface area contributed by atoms with E-state index < -0.39 is 18.7 Å². The smallest absolute Gasteiger partial charge is 0.498 e. The largest absolute Gasteiger partial charge is 0.524 e. The van der Waals surface area contributed by atoms with Crippen molar-refractivity contribution in [2.24, 2.45) is 16.5 Å². The SMILES string of the molecule is Cc1c(C(=O)Cc2ccc3c(c2)[B-](O)([NH2+]C(CCCN=C(N)N)C(=O)O)OC3)nnn1-c1ccccn1. The summed E-state index contributed by atoms with van der Waals surface area (Å²) in [5.74, 6) is -0.851. The first-order chi connectivity index (χ1) is 17.7. The number of hydrogen-bond donors (Lipinski definition) is 5. The summed E-state index contributed by atoms with van der Waals surface area (Å²) in [6, 6.07) is 9.64. The molecule has 2 atom stereocenters. The lowest BCUT2D eigenvalue weighted by Gasteiger charge is -2.30. The number of fused-ring (bicyclic) bond motifs is 1. The number of quaternary nitrogens is 1. The summed E-state index contributed by atoms with van der Waals surface area (Å²) in [6.07, 6.45) is 2.28. The fourth-order valence-electron chi connectivity index (χ4n) is 4.43. The Balaban J connectivity index is 1.49. The number of aliphatic imine (C=N–C) groups is 1. The van der Waals surface area contributed by atoms with E-state index in [1.165, 1.54) is 9.91 Å². The number of carbonyl (C=O) groups is 2. The number of nitrogens with zero attached hydrogens (tertiary/aromatic N) is 5. The van der Waals surface area contributed by atoms with Crippen molar-refractivity contribution in [1.82, 2.24) is 20.0 Å². The number of rotatable bonds is 11. The van der Waals surface area contributed by atoms with Crippen LogP contribution in [-0.2, 0) is 22.5 Å². The lowest BCUT2D eigenvalue weighted by atomic mass is 9.63. The molecule has 0 spiro atoms. The molecule has 0 saturated carbocycles. The zero-order valence-electron chi connectivity index (χ0n) is 20.3. The van der Waals surface area contributed by atoms with Crippen molar-refractivity contribution in [2.75, 3.05) is 6.54 Å². The van der Waals surface area contributed by atoms with E-state index in [4.69, 9.17) is 16.1 Å². The van der Waals surface area contributed by atoms with Gasteiger partial charge in [-0.3, -0.25) is 9.79 Å². The van der Waals surface area contributed by atoms with Crippen LogP contribution in [0.5, 0.6) is 0 Å². The van der Waals surface area contributed by atoms with Crippen molar-refractivity contribution < 1.29 is 29.6 Å². The van der Waals surface area contributed by atoms with Gasteiger partial charge in [0.25, 0.3) is 0 Å². The summed E-state index contributed by atoms with van der Waals surface area (Å²) in [7, 11) is 0. The lowest BCUT2D eigenvalue weighted by molar-refractivity contribution is -0.584. The molecule has 14 heteroatoms. The van der Waals surface area contributed by atoms with E-state index in [1.807, 2.05) is 6.07 Å². The summed E-state index contributed by atoms with van der Waals surface area (Å²) < 4.78 is 7.17. The van der Waals surface area contributed by atoms with Crippen LogP contribution in [-0.4, -0.2) is 67.1 Å². The number of pyridine rings is 1. The molecule has 37 heavy (non-hydrogen) atoms. The predicted molar refractivity (Wildman–Crippen MR) is 134 cm³/mol. The number of ketones is 1. The van der Waals surface area contributed by atoms with Gasteiger partial charge in [0.15, 0.2) is 23.3 Å². The Kier molecular flexibility index (Phi) is 7.62. The van der Waals surface area contributed by atoms with Crippen LogP contribution in [0.1, 0.15) is 40.2 Å². The summed E-state index contributed by atoms with van der Waals surface area (Å²) in [5.41, 5.74) is 13.2. The highest BCUT2D eigenvalue weighted by atomic mass is 16.5. The van der Waals surface area contributed by atoms with Crippen molar-refractivity contribution in [1.29, 1.82) is 0 Å². The van der Waals surface area contributed by atoms with Crippen LogP contribution >= 0.6 is 0 Å². The highest BCUT2D eigenvalue weighted by Crippen LogP contribution is 2.17. The Morgan fingerprint density at radius 1 is 1.30 bits per heavy atom. The first-order valence-corrected chi connectivity index (χ1v) is 11.8. The molecule has 0 fully saturated rings. The average molecular weight is 508 g/mol. The molecule has 3 heterocycles. The number of Topliss-reactive ketones (excluding diaryl/α,β-unsaturated/α-hetero) is 1. The second-order valence-corrected chi connectivity index (χ2v) is 8.96. The quantitative estimate of drug-likeness (QED) is 0.0641. The zero-order valence-corrected chi connectivity index (χ0v) is 20.3. The molecule has 3 aromatic rings. The molecule has 1 aromatic carbocycles. The Labute approximate surface area is 212 Å². The Morgan fingerprint density at radius 3 is 2.81 bits per heavy atom. The van der Waals surface area contributed by atoms with E-state index in [-0.39, 0.29) is 43.4 Å². The third-order valence-electron chi connectivity index (χ3n) is 6.32. The molecule has 0 bridgehead atoms. The standard InChI is InChI=1S/C23H29BN8O5/c1-14-21(30-31-32(14)20-6-2-3-9-27-20)19(33)12-15-7-8-16-13-37-24(36,17(16)11-15)29-18(22(34)35)5-4-10-28-23(25)26/h2-3,6-9,11,18,36H,4-5,10,12-13,29H2,1H3,(H,34,35)(H4,25,26,28). The number of carbonyl (C=O) groups excluding carboxylic acids is 1. The minimum atomic E-state index is -2.70. The first-order valence-electron chi connectivity index (χ1n) is 11.8. The molecule has 0 aliphatic carbocycles. The third kappa shape index (κ3) is 5.82. The number of aliphatic carboxylic acids is 1. The highest BCUT2D eigenvalue weighted by molar-refractivity contribution is 6.73. The van der Waals surface area contributed by atoms with Gasteiger partial charge in [-0.25, -0.2) is 9.78 Å². The van der Waals surface area contributed by atoms with E-state index in [9.17, 15) is 19.7 Å². The van der Waals surface area contributed by atoms with Crippen molar-refractivity contribution in [3.8, 4) is 5.82 Å². The van der Waals surface area contributed by atoms with Gasteiger partial charge in [-0.15, -0.1) is 5.10 Å². The molecule has 4 rings (SSSR count). The Morgan fingerprint density at radius 2 is 2.11 bits per heavy atom. The first kappa shape index (κ1) is 25.9. The maximum absolute atomic E-state index is 13.1. The maximum Gasteiger partial charge on any atom is 0.498 e. The summed E-state index contributed by atoms with van der Waals surface area (Å²) in [5, 5.41) is 30.4. The van der Waals surface area contributed by atoms with Crippen molar-refractivity contribution in [3.63, 3.8) is 0 Å². The van der Waals surface area contributed by atoms with Crippen LogP contribution in [0.15, 0.2) is 47.6 Å². The molecule has 2 unspecified atom stereocenters. The van der Waals surface area contributed by atoms with Crippen LogP contribution in [0.25, 0.3) is 5.82 Å². The van der Waals surface area contributed by atoms with E-state index in [0.717, 1.165) is 5.56 Å². The molecule has 1 aliphatic rings. The van der Waals surface area contributed by atoms with Crippen LogP contribution in [0.3, 0.4) is 0 Å². The molecular weight excluding hydrogens is 479 g/mol. The molecule has 194 valence electrons. The number of nitrogens with two attached hydrogens (primary N) is 3. The number of hydrogen-bond acceptors (Lipinski definition) is 8. The van der Waals surface area contributed by atoms with Gasteiger partial charge in [-0.05, 0) is 36.6 Å². The number of aromatic nitrogens is 4. The van der Waals surface area contributed by atoms with Gasteiger partial charge in [0.05, 0.1) is 5.69 Å². The Hall–Kier alpha value is -4.14. The van der Waals surface area contributed by atoms with Crippen LogP contribution in [0, 0.1) is 6.92 Å². The molecule has 2 aromatic heterocycles. The van der Waals surface area contributed by atoms with Crippen LogP contribution in [0.4, 0.5) is 0 Å². The van der Waals surface area contributed by atoms with Crippen molar-refractivity contribution >= 4 is 29.9 Å². The third-order valence-corrected chi connectivity index (χ3v) is 6.32. The molecule has 0 saturated heterocycles. The van der Waals surface area contributed by atoms with Crippen LogP contribution < -0.4 is 22.2 Å². The second-order valence-electron chi connectivity index (χ2n) is 8.96. The van der Waals surface area contributed by atoms with Gasteiger partial charge < -0.3 is 31.5 Å². The topological polar surface area (TPSA) is 208 Å². The fraction of sp³-hybridized carbons (Fsp3) is 0.304. The monoisotopic (exact) mass is 508 g/mol. The minimum Gasteiger partial charge on any atom is -0.524 e. The average Bonchev–Trinajstić information content (AvgIpc) is 3.41. The van der Waals surface area contributed by atoms with E-state index in [2.05, 4.69) is 20.3 Å². The van der Waals surface area contributed by atoms with Crippen LogP contribution in [0.2, 0.25) is 0 Å². The van der Waals surface area contributed by atoms with Gasteiger partial charge in [-0.1, -0.05) is 34.9 Å². The summed E-state index contributed by atoms with van der Waals surface area (Å²) in [6.45, 7) is -0.547. The van der Waals surface area contributed by atoms with E-state index in [0.29, 0.717) is 29.0 Å². The molecular formula is C23H29BN8O5. The van der Waals surface area contributed by atoms with E-state index in [1.54, 1.807) is 43.5 Å². The zero-order chi connectivity index (χ0) is 26.6. The summed E-state index contributed by atoms with van der Waals surface area (Å²) >= 11 is 0. The minimum absolute atomic E-state index is 0.0159.